The van der Waals surface area contributed by atoms with Crippen molar-refractivity contribution in [3.8, 4) is 10.6 Å². The number of likely N-dealkylation sites (tertiary alicyclic amines) is 1. The number of nitrogens with zero attached hydrogens (tertiary/aromatic N) is 5. The minimum Gasteiger partial charge on any atom is -0.395 e. The topological polar surface area (TPSA) is 99.1 Å². The second-order valence-electron chi connectivity index (χ2n) is 9.71. The first kappa shape index (κ1) is 24.1. The largest absolute Gasteiger partial charge is 0.395 e. The highest BCUT2D eigenvalue weighted by atomic mass is 32.1. The van der Waals surface area contributed by atoms with Crippen molar-refractivity contribution in [2.24, 2.45) is 0 Å². The van der Waals surface area contributed by atoms with Crippen molar-refractivity contribution in [3.05, 3.63) is 41.9 Å². The molecule has 1 aliphatic carbocycles. The number of aliphatic hydroxyl groups excluding tert-OH is 1. The maximum atomic E-state index is 9.65. The van der Waals surface area contributed by atoms with Gasteiger partial charge in [0.15, 0.2) is 5.13 Å². The van der Waals surface area contributed by atoms with E-state index in [1.807, 2.05) is 31.5 Å². The summed E-state index contributed by atoms with van der Waals surface area (Å²) in [7, 11) is 0. The van der Waals surface area contributed by atoms with Crippen LogP contribution in [0.5, 0.6) is 0 Å². The first-order chi connectivity index (χ1) is 17.2. The SMILES string of the molecule is Cc1cc(-c2cnc(Nc3ccc(CN4CCCCC4CO)cn3)s2)nc(NC2CCCCC2)n1. The van der Waals surface area contributed by atoms with E-state index >= 15 is 0 Å². The van der Waals surface area contributed by atoms with Crippen molar-refractivity contribution in [2.45, 2.75) is 76.9 Å². The minimum atomic E-state index is 0.226. The Kier molecular flexibility index (Phi) is 7.85. The summed E-state index contributed by atoms with van der Waals surface area (Å²) < 4.78 is 0. The molecule has 1 saturated heterocycles. The molecule has 4 heterocycles. The predicted molar refractivity (Wildman–Crippen MR) is 141 cm³/mol. The lowest BCUT2D eigenvalue weighted by atomic mass is 9.96. The van der Waals surface area contributed by atoms with Crippen LogP contribution in [0.25, 0.3) is 10.6 Å². The third-order valence-electron chi connectivity index (χ3n) is 6.96. The standard InChI is InChI=1S/C26H35N7OS/c1-18-13-22(31-25(29-18)30-20-7-3-2-4-8-20)23-15-28-26(35-23)32-24-11-10-19(14-27-24)16-33-12-6-5-9-21(33)17-34/h10-11,13-15,20-21,34H,2-9,12,16-17H2,1H3,(H,27,28,32)(H,29,30,31). The van der Waals surface area contributed by atoms with Gasteiger partial charge >= 0.3 is 0 Å². The molecule has 0 amide bonds. The van der Waals surface area contributed by atoms with Gasteiger partial charge in [0.1, 0.15) is 5.82 Å². The first-order valence-corrected chi connectivity index (χ1v) is 13.6. The lowest BCUT2D eigenvalue weighted by molar-refractivity contribution is 0.0840. The Hall–Kier alpha value is -2.62. The molecule has 2 aliphatic rings. The number of rotatable bonds is 8. The molecule has 3 aromatic heterocycles. The van der Waals surface area contributed by atoms with Gasteiger partial charge in [0.05, 0.1) is 17.2 Å². The van der Waals surface area contributed by atoms with E-state index < -0.39 is 0 Å². The van der Waals surface area contributed by atoms with Gasteiger partial charge in [-0.25, -0.2) is 19.9 Å². The Bertz CT molecular complexity index is 1100. The summed E-state index contributed by atoms with van der Waals surface area (Å²) in [6.45, 7) is 4.09. The summed E-state index contributed by atoms with van der Waals surface area (Å²) in [6, 6.07) is 6.84. The second kappa shape index (κ2) is 11.4. The second-order valence-corrected chi connectivity index (χ2v) is 10.7. The number of anilines is 3. The predicted octanol–water partition coefficient (Wildman–Crippen LogP) is 5.14. The smallest absolute Gasteiger partial charge is 0.223 e. The number of piperidine rings is 1. The average Bonchev–Trinajstić information content (AvgIpc) is 3.34. The summed E-state index contributed by atoms with van der Waals surface area (Å²) in [5.41, 5.74) is 3.00. The van der Waals surface area contributed by atoms with Crippen molar-refractivity contribution in [1.82, 2.24) is 24.8 Å². The fourth-order valence-corrected chi connectivity index (χ4v) is 5.83. The molecule has 0 aromatic carbocycles. The van der Waals surface area contributed by atoms with Crippen LogP contribution < -0.4 is 10.6 Å². The molecule has 1 saturated carbocycles. The number of aliphatic hydroxyl groups is 1. The molecule has 9 heteroatoms. The Morgan fingerprint density at radius 1 is 1.03 bits per heavy atom. The lowest BCUT2D eigenvalue weighted by Gasteiger charge is -2.34. The van der Waals surface area contributed by atoms with E-state index in [0.29, 0.717) is 12.0 Å². The van der Waals surface area contributed by atoms with Crippen LogP contribution in [0, 0.1) is 6.92 Å². The van der Waals surface area contributed by atoms with Crippen molar-refractivity contribution >= 4 is 28.2 Å². The average molecular weight is 494 g/mol. The van der Waals surface area contributed by atoms with Gasteiger partial charge in [0.2, 0.25) is 5.95 Å². The molecule has 5 rings (SSSR count). The van der Waals surface area contributed by atoms with Crippen molar-refractivity contribution in [1.29, 1.82) is 0 Å². The molecule has 35 heavy (non-hydrogen) atoms. The minimum absolute atomic E-state index is 0.226. The van der Waals surface area contributed by atoms with Crippen LogP contribution in [0.3, 0.4) is 0 Å². The van der Waals surface area contributed by atoms with Gasteiger partial charge in [0, 0.05) is 36.7 Å². The molecule has 1 unspecified atom stereocenters. The van der Waals surface area contributed by atoms with Gasteiger partial charge < -0.3 is 15.7 Å². The molecular formula is C26H35N7OS. The fourth-order valence-electron chi connectivity index (χ4n) is 5.05. The molecule has 1 aliphatic heterocycles. The van der Waals surface area contributed by atoms with E-state index in [4.69, 9.17) is 4.98 Å². The highest BCUT2D eigenvalue weighted by molar-refractivity contribution is 7.18. The Labute approximate surface area is 211 Å². The van der Waals surface area contributed by atoms with Gasteiger partial charge in [-0.05, 0) is 56.8 Å². The summed E-state index contributed by atoms with van der Waals surface area (Å²) in [5.74, 6) is 1.48. The van der Waals surface area contributed by atoms with Crippen molar-refractivity contribution < 1.29 is 5.11 Å². The Balaban J connectivity index is 1.22. The Morgan fingerprint density at radius 3 is 2.69 bits per heavy atom. The zero-order chi connectivity index (χ0) is 24.0. The van der Waals surface area contributed by atoms with Gasteiger partial charge in [0.25, 0.3) is 0 Å². The fraction of sp³-hybridized carbons (Fsp3) is 0.538. The van der Waals surface area contributed by atoms with Crippen LogP contribution in [-0.2, 0) is 6.54 Å². The number of aryl methyl sites for hydroxylation is 1. The van der Waals surface area contributed by atoms with Crippen LogP contribution in [0.1, 0.15) is 62.6 Å². The Morgan fingerprint density at radius 2 is 1.89 bits per heavy atom. The summed E-state index contributed by atoms with van der Waals surface area (Å²) in [5, 5.41) is 17.3. The molecule has 0 spiro atoms. The molecule has 0 bridgehead atoms. The van der Waals surface area contributed by atoms with Crippen LogP contribution in [-0.4, -0.2) is 55.2 Å². The maximum absolute atomic E-state index is 9.65. The molecule has 0 radical (unpaired) electrons. The highest BCUT2D eigenvalue weighted by Gasteiger charge is 2.21. The highest BCUT2D eigenvalue weighted by Crippen LogP contribution is 2.31. The maximum Gasteiger partial charge on any atom is 0.223 e. The van der Waals surface area contributed by atoms with E-state index in [1.54, 1.807) is 11.3 Å². The van der Waals surface area contributed by atoms with Crippen LogP contribution in [0.15, 0.2) is 30.6 Å². The zero-order valence-electron chi connectivity index (χ0n) is 20.4. The number of nitrogens with one attached hydrogen (secondary N) is 2. The molecule has 8 nitrogen and oxygen atoms in total. The number of pyridine rings is 1. The zero-order valence-corrected chi connectivity index (χ0v) is 21.2. The van der Waals surface area contributed by atoms with Gasteiger partial charge in [-0.1, -0.05) is 43.1 Å². The molecular weight excluding hydrogens is 458 g/mol. The van der Waals surface area contributed by atoms with Crippen LogP contribution in [0.4, 0.5) is 16.9 Å². The summed E-state index contributed by atoms with van der Waals surface area (Å²) >= 11 is 1.56. The van der Waals surface area contributed by atoms with E-state index in [-0.39, 0.29) is 12.6 Å². The van der Waals surface area contributed by atoms with Crippen molar-refractivity contribution in [3.63, 3.8) is 0 Å². The van der Waals surface area contributed by atoms with Gasteiger partial charge in [-0.2, -0.15) is 0 Å². The van der Waals surface area contributed by atoms with E-state index in [0.717, 1.165) is 52.3 Å². The number of aromatic nitrogens is 4. The normalized spacial score (nSPS) is 19.5. The summed E-state index contributed by atoms with van der Waals surface area (Å²) in [4.78, 5) is 21.9. The third kappa shape index (κ3) is 6.34. The molecule has 186 valence electrons. The monoisotopic (exact) mass is 493 g/mol. The molecule has 3 N–H and O–H groups in total. The van der Waals surface area contributed by atoms with E-state index in [1.165, 1.54) is 44.9 Å². The number of hydrogen-bond acceptors (Lipinski definition) is 9. The molecule has 1 atom stereocenters. The van der Waals surface area contributed by atoms with Gasteiger partial charge in [-0.15, -0.1) is 0 Å². The quantitative estimate of drug-likeness (QED) is 0.397. The first-order valence-electron chi connectivity index (χ1n) is 12.8. The third-order valence-corrected chi connectivity index (χ3v) is 7.89. The van der Waals surface area contributed by atoms with Crippen LogP contribution >= 0.6 is 11.3 Å². The van der Waals surface area contributed by atoms with Gasteiger partial charge in [-0.3, -0.25) is 4.90 Å². The van der Waals surface area contributed by atoms with E-state index in [2.05, 4.69) is 36.6 Å². The molecule has 2 fully saturated rings. The van der Waals surface area contributed by atoms with Crippen molar-refractivity contribution in [2.75, 3.05) is 23.8 Å². The summed E-state index contributed by atoms with van der Waals surface area (Å²) in [6.07, 6.45) is 13.5. The van der Waals surface area contributed by atoms with Crippen LogP contribution in [0.2, 0.25) is 0 Å². The molecule has 3 aromatic rings. The number of hydrogen-bond donors (Lipinski definition) is 3. The van der Waals surface area contributed by atoms with E-state index in [9.17, 15) is 5.11 Å². The lowest BCUT2D eigenvalue weighted by Crippen LogP contribution is -2.41. The number of thiazole rings is 1.